The zero-order valence-corrected chi connectivity index (χ0v) is 12.1. The summed E-state index contributed by atoms with van der Waals surface area (Å²) in [6, 6.07) is -1.28. The Hall–Kier alpha value is -0.780. The highest BCUT2D eigenvalue weighted by Crippen LogP contribution is 2.22. The van der Waals surface area contributed by atoms with Crippen LogP contribution in [0.25, 0.3) is 0 Å². The van der Waals surface area contributed by atoms with Crippen molar-refractivity contribution in [2.45, 2.75) is 65.2 Å². The van der Waals surface area contributed by atoms with Crippen molar-refractivity contribution in [2.75, 3.05) is 6.54 Å². The van der Waals surface area contributed by atoms with Gasteiger partial charge in [0.05, 0.1) is 6.04 Å². The van der Waals surface area contributed by atoms with Gasteiger partial charge in [0.15, 0.2) is 0 Å². The molecule has 0 saturated carbocycles. The molecule has 0 fully saturated rings. The number of rotatable bonds is 7. The van der Waals surface area contributed by atoms with Gasteiger partial charge in [-0.25, -0.2) is 0 Å². The van der Waals surface area contributed by atoms with Crippen LogP contribution < -0.4 is 5.73 Å². The SMILES string of the molecule is CCC(C)C(N)C(=O)N(CC(F)(F)F)C(CC)CC. The molecule has 2 atom stereocenters. The lowest BCUT2D eigenvalue weighted by Crippen LogP contribution is -2.53. The maximum atomic E-state index is 12.6. The fraction of sp³-hybridized carbons (Fsp3) is 0.923. The minimum atomic E-state index is -4.40. The first-order valence-electron chi connectivity index (χ1n) is 6.80. The lowest BCUT2D eigenvalue weighted by Gasteiger charge is -2.34. The first kappa shape index (κ1) is 18.2. The van der Waals surface area contributed by atoms with Crippen LogP contribution in [-0.4, -0.2) is 35.6 Å². The summed E-state index contributed by atoms with van der Waals surface area (Å²) in [6.07, 6.45) is -2.75. The number of hydrogen-bond acceptors (Lipinski definition) is 2. The topological polar surface area (TPSA) is 46.3 Å². The Morgan fingerprint density at radius 1 is 1.16 bits per heavy atom. The molecule has 114 valence electrons. The van der Waals surface area contributed by atoms with Crippen molar-refractivity contribution in [3.63, 3.8) is 0 Å². The number of hydrogen-bond donors (Lipinski definition) is 1. The molecule has 0 bridgehead atoms. The van der Waals surface area contributed by atoms with E-state index in [4.69, 9.17) is 5.73 Å². The molecule has 0 saturated heterocycles. The zero-order chi connectivity index (χ0) is 15.2. The number of alkyl halides is 3. The molecule has 0 heterocycles. The Labute approximate surface area is 113 Å². The number of halogens is 3. The number of nitrogens with zero attached hydrogens (tertiary/aromatic N) is 1. The van der Waals surface area contributed by atoms with Crippen molar-refractivity contribution in [1.29, 1.82) is 0 Å². The second-order valence-corrected chi connectivity index (χ2v) is 4.96. The van der Waals surface area contributed by atoms with E-state index in [9.17, 15) is 18.0 Å². The molecule has 1 amide bonds. The standard InChI is InChI=1S/C13H25F3N2O/c1-5-9(4)11(17)12(19)18(8-13(14,15)16)10(6-2)7-3/h9-11H,5-8,17H2,1-4H3. The second kappa shape index (κ2) is 7.72. The van der Waals surface area contributed by atoms with Crippen molar-refractivity contribution in [2.24, 2.45) is 11.7 Å². The Bertz CT molecular complexity index is 278. The van der Waals surface area contributed by atoms with Crippen LogP contribution in [0.3, 0.4) is 0 Å². The van der Waals surface area contributed by atoms with Crippen molar-refractivity contribution in [1.82, 2.24) is 4.90 Å². The van der Waals surface area contributed by atoms with Crippen LogP contribution in [0.1, 0.15) is 47.0 Å². The van der Waals surface area contributed by atoms with E-state index in [2.05, 4.69) is 0 Å². The van der Waals surface area contributed by atoms with Gasteiger partial charge in [0.2, 0.25) is 5.91 Å². The van der Waals surface area contributed by atoms with Gasteiger partial charge in [-0.2, -0.15) is 13.2 Å². The average molecular weight is 282 g/mol. The summed E-state index contributed by atoms with van der Waals surface area (Å²) >= 11 is 0. The number of carbonyl (C=O) groups excluding carboxylic acids is 1. The molecule has 0 aromatic heterocycles. The smallest absolute Gasteiger partial charge is 0.329 e. The summed E-state index contributed by atoms with van der Waals surface area (Å²) in [5, 5.41) is 0. The predicted octanol–water partition coefficient (Wildman–Crippen LogP) is 2.94. The minimum Gasteiger partial charge on any atom is -0.329 e. The predicted molar refractivity (Wildman–Crippen MR) is 69.6 cm³/mol. The van der Waals surface area contributed by atoms with E-state index >= 15 is 0 Å². The molecule has 3 nitrogen and oxygen atoms in total. The van der Waals surface area contributed by atoms with Gasteiger partial charge in [-0.05, 0) is 18.8 Å². The van der Waals surface area contributed by atoms with Crippen molar-refractivity contribution < 1.29 is 18.0 Å². The first-order valence-corrected chi connectivity index (χ1v) is 6.80. The lowest BCUT2D eigenvalue weighted by atomic mass is 9.97. The van der Waals surface area contributed by atoms with E-state index in [0.717, 1.165) is 4.90 Å². The fourth-order valence-corrected chi connectivity index (χ4v) is 2.00. The molecule has 0 aliphatic rings. The summed E-state index contributed by atoms with van der Waals surface area (Å²) in [7, 11) is 0. The molecule has 0 rings (SSSR count). The molecule has 2 unspecified atom stereocenters. The van der Waals surface area contributed by atoms with Gasteiger partial charge in [0.25, 0.3) is 0 Å². The lowest BCUT2D eigenvalue weighted by molar-refractivity contribution is -0.167. The summed E-state index contributed by atoms with van der Waals surface area (Å²) in [5.41, 5.74) is 5.78. The largest absolute Gasteiger partial charge is 0.406 e. The van der Waals surface area contributed by atoms with Gasteiger partial charge in [-0.3, -0.25) is 4.79 Å². The van der Waals surface area contributed by atoms with Gasteiger partial charge in [0, 0.05) is 6.04 Å². The molecule has 0 spiro atoms. The number of amides is 1. The van der Waals surface area contributed by atoms with Crippen LogP contribution in [0.2, 0.25) is 0 Å². The maximum absolute atomic E-state index is 12.6. The first-order chi connectivity index (χ1) is 8.67. The molecule has 6 heteroatoms. The molecule has 0 radical (unpaired) electrons. The van der Waals surface area contributed by atoms with Crippen LogP contribution in [0.5, 0.6) is 0 Å². The van der Waals surface area contributed by atoms with E-state index in [0.29, 0.717) is 19.3 Å². The van der Waals surface area contributed by atoms with Crippen LogP contribution in [0.4, 0.5) is 13.2 Å². The van der Waals surface area contributed by atoms with Crippen LogP contribution in [0.15, 0.2) is 0 Å². The molecule has 0 aromatic rings. The van der Waals surface area contributed by atoms with E-state index in [1.807, 2.05) is 6.92 Å². The Balaban J connectivity index is 5.06. The highest BCUT2D eigenvalue weighted by Gasteiger charge is 2.37. The van der Waals surface area contributed by atoms with Gasteiger partial charge >= 0.3 is 6.18 Å². The Morgan fingerprint density at radius 2 is 1.63 bits per heavy atom. The summed E-state index contributed by atoms with van der Waals surface area (Å²) in [4.78, 5) is 13.1. The molecule has 0 aliphatic carbocycles. The molecule has 2 N–H and O–H groups in total. The summed E-state index contributed by atoms with van der Waals surface area (Å²) in [5.74, 6) is -0.724. The molecule has 19 heavy (non-hydrogen) atoms. The average Bonchev–Trinajstić information content (AvgIpc) is 2.34. The third-order valence-electron chi connectivity index (χ3n) is 3.56. The molecule has 0 aliphatic heterocycles. The quantitative estimate of drug-likeness (QED) is 0.780. The third-order valence-corrected chi connectivity index (χ3v) is 3.56. The normalized spacial score (nSPS) is 15.4. The van der Waals surface area contributed by atoms with Gasteiger partial charge in [0.1, 0.15) is 6.54 Å². The highest BCUT2D eigenvalue weighted by molar-refractivity contribution is 5.82. The molecular weight excluding hydrogens is 257 g/mol. The van der Waals surface area contributed by atoms with Crippen molar-refractivity contribution in [3.05, 3.63) is 0 Å². The van der Waals surface area contributed by atoms with Crippen molar-refractivity contribution in [3.8, 4) is 0 Å². The summed E-state index contributed by atoms with van der Waals surface area (Å²) < 4.78 is 37.8. The van der Waals surface area contributed by atoms with Crippen LogP contribution in [-0.2, 0) is 4.79 Å². The van der Waals surface area contributed by atoms with E-state index in [1.165, 1.54) is 0 Å². The van der Waals surface area contributed by atoms with Gasteiger partial charge < -0.3 is 10.6 Å². The van der Waals surface area contributed by atoms with Crippen LogP contribution >= 0.6 is 0 Å². The Morgan fingerprint density at radius 3 is 1.95 bits per heavy atom. The number of nitrogens with two attached hydrogens (primary N) is 1. The zero-order valence-electron chi connectivity index (χ0n) is 12.1. The second-order valence-electron chi connectivity index (χ2n) is 4.96. The van der Waals surface area contributed by atoms with Crippen molar-refractivity contribution >= 4 is 5.91 Å². The van der Waals surface area contributed by atoms with Gasteiger partial charge in [-0.1, -0.05) is 34.1 Å². The van der Waals surface area contributed by atoms with E-state index in [1.54, 1.807) is 20.8 Å². The van der Waals surface area contributed by atoms with E-state index < -0.39 is 30.7 Å². The highest BCUT2D eigenvalue weighted by atomic mass is 19.4. The molecule has 0 aromatic carbocycles. The Kier molecular flexibility index (Phi) is 7.41. The number of carbonyl (C=O) groups is 1. The van der Waals surface area contributed by atoms with Gasteiger partial charge in [-0.15, -0.1) is 0 Å². The molecular formula is C13H25F3N2O. The monoisotopic (exact) mass is 282 g/mol. The third kappa shape index (κ3) is 5.80. The fourth-order valence-electron chi connectivity index (χ4n) is 2.00. The van der Waals surface area contributed by atoms with Crippen LogP contribution in [0, 0.1) is 5.92 Å². The summed E-state index contributed by atoms with van der Waals surface area (Å²) in [6.45, 7) is 5.98. The maximum Gasteiger partial charge on any atom is 0.406 e. The minimum absolute atomic E-state index is 0.127. The van der Waals surface area contributed by atoms with E-state index in [-0.39, 0.29) is 5.92 Å².